The molecule has 218 valence electrons. The zero-order valence-electron chi connectivity index (χ0n) is 23.1. The highest BCUT2D eigenvalue weighted by Crippen LogP contribution is 2.30. The average Bonchev–Trinajstić information content (AvgIpc) is 3.47. The highest BCUT2D eigenvalue weighted by Gasteiger charge is 2.31. The van der Waals surface area contributed by atoms with Gasteiger partial charge in [-0.1, -0.05) is 0 Å². The van der Waals surface area contributed by atoms with Gasteiger partial charge in [0.05, 0.1) is 36.4 Å². The molecule has 3 aromatic heterocycles. The minimum absolute atomic E-state index is 0.00132. The maximum Gasteiger partial charge on any atom is 0.317 e. The molecule has 4 N–H and O–H groups in total. The minimum atomic E-state index is -0.622. The van der Waals surface area contributed by atoms with Gasteiger partial charge in [-0.3, -0.25) is 9.78 Å². The van der Waals surface area contributed by atoms with Gasteiger partial charge in [0.15, 0.2) is 17.2 Å². The summed E-state index contributed by atoms with van der Waals surface area (Å²) in [6.07, 6.45) is 11.5. The molecule has 12 nitrogen and oxygen atoms in total. The Morgan fingerprint density at radius 1 is 1.02 bits per heavy atom. The summed E-state index contributed by atoms with van der Waals surface area (Å²) in [5.74, 6) is -0.524. The fraction of sp³-hybridized carbons (Fsp3) is 0.536. The molecule has 1 aliphatic heterocycles. The van der Waals surface area contributed by atoms with E-state index in [9.17, 15) is 14.0 Å². The lowest BCUT2D eigenvalue weighted by atomic mass is 9.91. The molecule has 4 heterocycles. The zero-order chi connectivity index (χ0) is 28.3. The highest BCUT2D eigenvalue weighted by molar-refractivity contribution is 6.03. The molecular formula is C28H36FN9O3. The van der Waals surface area contributed by atoms with E-state index >= 15 is 0 Å². The summed E-state index contributed by atoms with van der Waals surface area (Å²) in [5, 5.41) is 17.5. The topological polar surface area (TPSA) is 138 Å². The van der Waals surface area contributed by atoms with Crippen LogP contribution in [0.2, 0.25) is 0 Å². The van der Waals surface area contributed by atoms with E-state index in [1.165, 1.54) is 23.0 Å². The SMILES string of the molecule is COC[C@@H]1CCCN1C(=O)NC1CCC(Nc2cc(NC3CC3)c3ncc(C(=O)Nc4ccncc4F)n3n2)CC1. The summed E-state index contributed by atoms with van der Waals surface area (Å²) in [7, 11) is 1.67. The summed E-state index contributed by atoms with van der Waals surface area (Å²) in [4.78, 5) is 36.0. The number of urea groups is 1. The molecule has 41 heavy (non-hydrogen) atoms. The second kappa shape index (κ2) is 11.9. The molecule has 13 heteroatoms. The van der Waals surface area contributed by atoms with E-state index < -0.39 is 11.7 Å². The predicted molar refractivity (Wildman–Crippen MR) is 152 cm³/mol. The molecule has 0 aromatic carbocycles. The lowest BCUT2D eigenvalue weighted by molar-refractivity contribution is 0.102. The predicted octanol–water partition coefficient (Wildman–Crippen LogP) is 3.63. The molecule has 2 saturated carbocycles. The number of likely N-dealkylation sites (tertiary alicyclic amines) is 1. The van der Waals surface area contributed by atoms with Crippen LogP contribution in [0.4, 0.5) is 26.4 Å². The normalized spacial score (nSPS) is 22.5. The van der Waals surface area contributed by atoms with Gasteiger partial charge in [0, 0.05) is 44.0 Å². The molecule has 0 spiro atoms. The molecule has 0 bridgehead atoms. The van der Waals surface area contributed by atoms with Crippen LogP contribution < -0.4 is 21.3 Å². The van der Waals surface area contributed by atoms with Crippen molar-refractivity contribution in [3.8, 4) is 0 Å². The third kappa shape index (κ3) is 6.19. The monoisotopic (exact) mass is 565 g/mol. The molecule has 2 aliphatic carbocycles. The first-order valence-corrected chi connectivity index (χ1v) is 14.4. The number of carbonyl (C=O) groups excluding carboxylic acids is 2. The number of imidazole rings is 1. The van der Waals surface area contributed by atoms with Gasteiger partial charge in [0.1, 0.15) is 5.82 Å². The standard InChI is InChI=1S/C28H36FN9O3/c1-41-16-20-3-2-12-37(20)28(40)34-19-8-6-18(7-9-19)33-25-13-23(32-17-4-5-17)26-31-15-24(38(26)36-25)27(39)35-22-10-11-30-14-21(22)29/h10-11,13-15,17-20,32H,2-9,12,16H2,1H3,(H,33,36)(H,34,40)(H,30,35,39)/t18?,19?,20-/m0/s1. The number of pyridine rings is 1. The number of ether oxygens (including phenoxy) is 1. The average molecular weight is 566 g/mol. The summed E-state index contributed by atoms with van der Waals surface area (Å²) in [5.41, 5.74) is 1.55. The van der Waals surface area contributed by atoms with Crippen molar-refractivity contribution < 1.29 is 18.7 Å². The highest BCUT2D eigenvalue weighted by atomic mass is 19.1. The fourth-order valence-electron chi connectivity index (χ4n) is 5.73. The number of hydrogen-bond donors (Lipinski definition) is 4. The van der Waals surface area contributed by atoms with Crippen LogP contribution in [0.1, 0.15) is 61.9 Å². The molecule has 3 amide bonds. The number of hydrogen-bond acceptors (Lipinski definition) is 8. The molecular weight excluding hydrogens is 529 g/mol. The number of halogens is 1. The van der Waals surface area contributed by atoms with Crippen LogP contribution in [0, 0.1) is 5.82 Å². The van der Waals surface area contributed by atoms with Crippen molar-refractivity contribution in [2.45, 2.75) is 75.5 Å². The number of amides is 3. The van der Waals surface area contributed by atoms with Crippen LogP contribution in [0.15, 0.2) is 30.7 Å². The third-order valence-electron chi connectivity index (χ3n) is 8.06. The first-order valence-electron chi connectivity index (χ1n) is 14.4. The Bertz CT molecular complexity index is 1400. The van der Waals surface area contributed by atoms with E-state index in [4.69, 9.17) is 9.84 Å². The van der Waals surface area contributed by atoms with Gasteiger partial charge in [0.2, 0.25) is 0 Å². The second-order valence-corrected chi connectivity index (χ2v) is 11.1. The Kier molecular flexibility index (Phi) is 7.86. The van der Waals surface area contributed by atoms with E-state index in [-0.39, 0.29) is 35.5 Å². The van der Waals surface area contributed by atoms with Crippen molar-refractivity contribution in [2.24, 2.45) is 0 Å². The molecule has 6 rings (SSSR count). The van der Waals surface area contributed by atoms with Crippen LogP contribution in [-0.2, 0) is 4.74 Å². The molecule has 1 saturated heterocycles. The molecule has 0 radical (unpaired) electrons. The Morgan fingerprint density at radius 3 is 2.54 bits per heavy atom. The van der Waals surface area contributed by atoms with Gasteiger partial charge in [0.25, 0.3) is 5.91 Å². The lowest BCUT2D eigenvalue weighted by Crippen LogP contribution is -2.49. The molecule has 3 aromatic rings. The van der Waals surface area contributed by atoms with Crippen LogP contribution >= 0.6 is 0 Å². The summed E-state index contributed by atoms with van der Waals surface area (Å²) >= 11 is 0. The quantitative estimate of drug-likeness (QED) is 0.309. The van der Waals surface area contributed by atoms with Crippen LogP contribution in [0.25, 0.3) is 5.65 Å². The Balaban J connectivity index is 1.13. The Morgan fingerprint density at radius 2 is 1.78 bits per heavy atom. The third-order valence-corrected chi connectivity index (χ3v) is 8.06. The van der Waals surface area contributed by atoms with Crippen molar-refractivity contribution in [3.05, 3.63) is 42.2 Å². The molecule has 1 atom stereocenters. The van der Waals surface area contributed by atoms with Crippen LogP contribution in [0.3, 0.4) is 0 Å². The van der Waals surface area contributed by atoms with E-state index in [0.717, 1.165) is 69.8 Å². The van der Waals surface area contributed by atoms with Gasteiger partial charge >= 0.3 is 6.03 Å². The van der Waals surface area contributed by atoms with Crippen molar-refractivity contribution in [3.63, 3.8) is 0 Å². The van der Waals surface area contributed by atoms with Crippen molar-refractivity contribution in [1.82, 2.24) is 29.8 Å². The second-order valence-electron chi connectivity index (χ2n) is 11.1. The number of aromatic nitrogens is 4. The maximum absolute atomic E-state index is 14.1. The number of nitrogens with zero attached hydrogens (tertiary/aromatic N) is 5. The van der Waals surface area contributed by atoms with Crippen molar-refractivity contribution in [2.75, 3.05) is 36.2 Å². The number of anilines is 3. The summed E-state index contributed by atoms with van der Waals surface area (Å²) < 4.78 is 20.9. The number of nitrogens with one attached hydrogen (secondary N) is 4. The van der Waals surface area contributed by atoms with E-state index in [0.29, 0.717) is 24.1 Å². The number of rotatable bonds is 9. The van der Waals surface area contributed by atoms with Gasteiger partial charge in [-0.05, 0) is 57.4 Å². The molecule has 3 aliphatic rings. The first-order chi connectivity index (χ1) is 20.0. The summed E-state index contributed by atoms with van der Waals surface area (Å²) in [6.45, 7) is 1.34. The molecule has 3 fully saturated rings. The number of carbonyl (C=O) groups is 2. The smallest absolute Gasteiger partial charge is 0.317 e. The van der Waals surface area contributed by atoms with Crippen LogP contribution in [0.5, 0.6) is 0 Å². The zero-order valence-corrected chi connectivity index (χ0v) is 23.1. The minimum Gasteiger partial charge on any atom is -0.383 e. The fourth-order valence-corrected chi connectivity index (χ4v) is 5.73. The van der Waals surface area contributed by atoms with Gasteiger partial charge in [-0.15, -0.1) is 5.10 Å². The van der Waals surface area contributed by atoms with Crippen molar-refractivity contribution >= 4 is 34.8 Å². The van der Waals surface area contributed by atoms with E-state index in [2.05, 4.69) is 31.2 Å². The maximum atomic E-state index is 14.1. The number of methoxy groups -OCH3 is 1. The summed E-state index contributed by atoms with van der Waals surface area (Å²) in [6, 6.07) is 4.15. The Labute approximate surface area is 237 Å². The van der Waals surface area contributed by atoms with E-state index in [1.807, 2.05) is 11.0 Å². The van der Waals surface area contributed by atoms with Crippen molar-refractivity contribution in [1.29, 1.82) is 0 Å². The lowest BCUT2D eigenvalue weighted by Gasteiger charge is -2.32. The molecule has 0 unspecified atom stereocenters. The van der Waals surface area contributed by atoms with Gasteiger partial charge in [-0.2, -0.15) is 0 Å². The largest absolute Gasteiger partial charge is 0.383 e. The van der Waals surface area contributed by atoms with E-state index in [1.54, 1.807) is 7.11 Å². The van der Waals surface area contributed by atoms with Gasteiger partial charge in [-0.25, -0.2) is 18.7 Å². The van der Waals surface area contributed by atoms with Gasteiger partial charge < -0.3 is 30.9 Å². The Hall–Kier alpha value is -4.00. The number of fused-ring (bicyclic) bond motifs is 1. The first kappa shape index (κ1) is 27.2. The van der Waals surface area contributed by atoms with Crippen LogP contribution in [-0.4, -0.2) is 80.8 Å².